The van der Waals surface area contributed by atoms with Gasteiger partial charge in [-0.15, -0.1) is 0 Å². The number of aliphatic hydroxyl groups is 2. The standard InChI is InChI=1S/C4H6O4S.C4H10O2/c5-3(6)1-2(9)4(7)8;1-4(6)2-3-5/h2,9H,1H2,(H,5,6)(H,7,8);4-6H,2-3H2,1H3. The first-order chi connectivity index (χ1) is 6.81. The van der Waals surface area contributed by atoms with E-state index in [1.807, 2.05) is 0 Å². The molecule has 0 aliphatic carbocycles. The summed E-state index contributed by atoms with van der Waals surface area (Å²) >= 11 is 3.48. The van der Waals surface area contributed by atoms with E-state index in [4.69, 9.17) is 20.4 Å². The molecule has 2 unspecified atom stereocenters. The summed E-state index contributed by atoms with van der Waals surface area (Å²) in [4.78, 5) is 19.7. The van der Waals surface area contributed by atoms with Crippen LogP contribution in [0.4, 0.5) is 0 Å². The van der Waals surface area contributed by atoms with Crippen molar-refractivity contribution in [3.05, 3.63) is 0 Å². The molecule has 0 amide bonds. The number of carboxylic acids is 2. The Hall–Kier alpha value is -0.790. The molecule has 0 spiro atoms. The molecular formula is C8H16O6S. The predicted octanol–water partition coefficient (Wildman–Crippen LogP) is -0.406. The minimum atomic E-state index is -1.21. The molecule has 0 heterocycles. The molecule has 0 aliphatic heterocycles. The van der Waals surface area contributed by atoms with E-state index in [9.17, 15) is 9.59 Å². The molecule has 90 valence electrons. The van der Waals surface area contributed by atoms with E-state index in [0.717, 1.165) is 0 Å². The first-order valence-electron chi connectivity index (χ1n) is 4.22. The van der Waals surface area contributed by atoms with Crippen LogP contribution in [0.2, 0.25) is 0 Å². The third-order valence-electron chi connectivity index (χ3n) is 1.20. The highest BCUT2D eigenvalue weighted by Crippen LogP contribution is 1.99. The highest BCUT2D eigenvalue weighted by molar-refractivity contribution is 7.81. The Morgan fingerprint density at radius 3 is 1.87 bits per heavy atom. The Bertz CT molecular complexity index is 194. The maximum atomic E-state index is 9.90. The second kappa shape index (κ2) is 9.75. The molecular weight excluding hydrogens is 224 g/mol. The molecule has 7 heteroatoms. The van der Waals surface area contributed by atoms with Gasteiger partial charge in [0.1, 0.15) is 5.25 Å². The van der Waals surface area contributed by atoms with Crippen molar-refractivity contribution in [1.82, 2.24) is 0 Å². The maximum absolute atomic E-state index is 9.90. The van der Waals surface area contributed by atoms with E-state index in [-0.39, 0.29) is 12.7 Å². The van der Waals surface area contributed by atoms with Crippen molar-refractivity contribution < 1.29 is 30.0 Å². The molecule has 0 bridgehead atoms. The van der Waals surface area contributed by atoms with Gasteiger partial charge in [0.05, 0.1) is 12.5 Å². The van der Waals surface area contributed by atoms with Crippen LogP contribution in [-0.2, 0) is 9.59 Å². The summed E-state index contributed by atoms with van der Waals surface area (Å²) in [6.45, 7) is 1.73. The van der Waals surface area contributed by atoms with Gasteiger partial charge in [-0.2, -0.15) is 12.6 Å². The lowest BCUT2D eigenvalue weighted by Crippen LogP contribution is -2.17. The van der Waals surface area contributed by atoms with Crippen LogP contribution >= 0.6 is 12.6 Å². The summed E-state index contributed by atoms with van der Waals surface area (Å²) in [7, 11) is 0. The minimum Gasteiger partial charge on any atom is -0.481 e. The van der Waals surface area contributed by atoms with Crippen molar-refractivity contribution in [3.8, 4) is 0 Å². The van der Waals surface area contributed by atoms with Crippen molar-refractivity contribution in [2.24, 2.45) is 0 Å². The number of carbonyl (C=O) groups is 2. The Balaban J connectivity index is 0. The van der Waals surface area contributed by atoms with Crippen molar-refractivity contribution >= 4 is 24.6 Å². The summed E-state index contributed by atoms with van der Waals surface area (Å²) < 4.78 is 0. The van der Waals surface area contributed by atoms with Gasteiger partial charge in [0.2, 0.25) is 0 Å². The Morgan fingerprint density at radius 1 is 1.33 bits per heavy atom. The smallest absolute Gasteiger partial charge is 0.316 e. The normalized spacial score (nSPS) is 13.3. The van der Waals surface area contributed by atoms with Crippen LogP contribution in [0.5, 0.6) is 0 Å². The van der Waals surface area contributed by atoms with Gasteiger partial charge in [0, 0.05) is 6.61 Å². The average molecular weight is 240 g/mol. The summed E-state index contributed by atoms with van der Waals surface area (Å²) in [5, 5.41) is 31.5. The number of thiol groups is 1. The minimum absolute atomic E-state index is 0.0810. The Morgan fingerprint density at radius 2 is 1.80 bits per heavy atom. The molecule has 4 N–H and O–H groups in total. The van der Waals surface area contributed by atoms with E-state index in [0.29, 0.717) is 6.42 Å². The van der Waals surface area contributed by atoms with Crippen molar-refractivity contribution in [2.45, 2.75) is 31.1 Å². The van der Waals surface area contributed by atoms with E-state index >= 15 is 0 Å². The van der Waals surface area contributed by atoms with Crippen LogP contribution in [-0.4, -0.2) is 50.3 Å². The maximum Gasteiger partial charge on any atom is 0.316 e. The molecule has 6 nitrogen and oxygen atoms in total. The van der Waals surface area contributed by atoms with E-state index in [2.05, 4.69) is 12.6 Å². The number of hydrogen-bond acceptors (Lipinski definition) is 5. The quantitative estimate of drug-likeness (QED) is 0.417. The average Bonchev–Trinajstić information content (AvgIpc) is 2.03. The fourth-order valence-electron chi connectivity index (χ4n) is 0.440. The first kappa shape index (κ1) is 16.6. The fourth-order valence-corrected chi connectivity index (χ4v) is 0.596. The topological polar surface area (TPSA) is 115 Å². The lowest BCUT2D eigenvalue weighted by atomic mass is 10.3. The molecule has 0 aromatic carbocycles. The lowest BCUT2D eigenvalue weighted by molar-refractivity contribution is -0.142. The van der Waals surface area contributed by atoms with Crippen LogP contribution in [0.25, 0.3) is 0 Å². The number of aliphatic hydroxyl groups excluding tert-OH is 2. The van der Waals surface area contributed by atoms with Gasteiger partial charge < -0.3 is 20.4 Å². The number of rotatable bonds is 5. The third kappa shape index (κ3) is 15.9. The first-order valence-corrected chi connectivity index (χ1v) is 4.74. The second-order valence-electron chi connectivity index (χ2n) is 2.81. The number of aliphatic carboxylic acids is 2. The van der Waals surface area contributed by atoms with Gasteiger partial charge in [-0.25, -0.2) is 0 Å². The summed E-state index contributed by atoms with van der Waals surface area (Å²) in [5.74, 6) is -2.36. The van der Waals surface area contributed by atoms with Crippen LogP contribution in [0, 0.1) is 0 Å². The van der Waals surface area contributed by atoms with Gasteiger partial charge in [-0.1, -0.05) is 0 Å². The van der Waals surface area contributed by atoms with E-state index < -0.39 is 23.6 Å². The van der Waals surface area contributed by atoms with Crippen LogP contribution < -0.4 is 0 Å². The molecule has 0 aromatic rings. The molecule has 2 atom stereocenters. The van der Waals surface area contributed by atoms with Crippen LogP contribution in [0.3, 0.4) is 0 Å². The van der Waals surface area contributed by atoms with Crippen molar-refractivity contribution in [2.75, 3.05) is 6.61 Å². The molecule has 0 rings (SSSR count). The second-order valence-corrected chi connectivity index (χ2v) is 3.44. The highest BCUT2D eigenvalue weighted by Gasteiger charge is 2.14. The molecule has 0 saturated heterocycles. The third-order valence-corrected chi connectivity index (χ3v) is 1.60. The molecule has 0 saturated carbocycles. The fraction of sp³-hybridized carbons (Fsp3) is 0.750. The van der Waals surface area contributed by atoms with Crippen molar-refractivity contribution in [1.29, 1.82) is 0 Å². The zero-order chi connectivity index (χ0) is 12.4. The van der Waals surface area contributed by atoms with Crippen LogP contribution in [0.15, 0.2) is 0 Å². The van der Waals surface area contributed by atoms with Gasteiger partial charge in [-0.05, 0) is 13.3 Å². The largest absolute Gasteiger partial charge is 0.481 e. The number of carboxylic acid groups (broad SMARTS) is 2. The molecule has 0 fully saturated rings. The zero-order valence-electron chi connectivity index (χ0n) is 8.33. The van der Waals surface area contributed by atoms with Crippen molar-refractivity contribution in [3.63, 3.8) is 0 Å². The van der Waals surface area contributed by atoms with Gasteiger partial charge in [0.25, 0.3) is 0 Å². The highest BCUT2D eigenvalue weighted by atomic mass is 32.1. The zero-order valence-corrected chi connectivity index (χ0v) is 9.22. The molecule has 0 radical (unpaired) electrons. The molecule has 0 aliphatic rings. The van der Waals surface area contributed by atoms with Crippen LogP contribution in [0.1, 0.15) is 19.8 Å². The summed E-state index contributed by atoms with van der Waals surface area (Å²) in [5.41, 5.74) is 0. The lowest BCUT2D eigenvalue weighted by Gasteiger charge is -1.97. The van der Waals surface area contributed by atoms with Gasteiger partial charge in [0.15, 0.2) is 0 Å². The van der Waals surface area contributed by atoms with Gasteiger partial charge >= 0.3 is 11.9 Å². The Kier molecular flexibility index (Phi) is 10.8. The monoisotopic (exact) mass is 240 g/mol. The molecule has 15 heavy (non-hydrogen) atoms. The van der Waals surface area contributed by atoms with E-state index in [1.54, 1.807) is 6.92 Å². The summed E-state index contributed by atoms with van der Waals surface area (Å²) in [6.07, 6.45) is -0.312. The van der Waals surface area contributed by atoms with Gasteiger partial charge in [-0.3, -0.25) is 9.59 Å². The summed E-state index contributed by atoms with van der Waals surface area (Å²) in [6, 6.07) is 0. The SMILES string of the molecule is CC(O)CCO.O=C(O)CC(S)C(=O)O. The van der Waals surface area contributed by atoms with E-state index in [1.165, 1.54) is 0 Å². The molecule has 0 aromatic heterocycles. The number of hydrogen-bond donors (Lipinski definition) is 5. The predicted molar refractivity (Wildman–Crippen MR) is 56.0 cm³/mol. The Labute approximate surface area is 93.0 Å².